The van der Waals surface area contributed by atoms with Crippen molar-refractivity contribution in [2.45, 2.75) is 238 Å². The van der Waals surface area contributed by atoms with E-state index >= 15 is 0 Å². The summed E-state index contributed by atoms with van der Waals surface area (Å²) >= 11 is 0. The van der Waals surface area contributed by atoms with Crippen molar-refractivity contribution >= 4 is 23.6 Å². The summed E-state index contributed by atoms with van der Waals surface area (Å²) in [5.74, 6) is 2.83. The highest BCUT2D eigenvalue weighted by Gasteiger charge is 2.72. The molecule has 2 aromatic rings. The van der Waals surface area contributed by atoms with Crippen LogP contribution < -0.4 is 11.5 Å². The minimum atomic E-state index is -0.571. The Balaban J connectivity index is 0.000000177. The van der Waals surface area contributed by atoms with Crippen LogP contribution in [0, 0.1) is 89.7 Å². The van der Waals surface area contributed by atoms with Crippen LogP contribution in [0.15, 0.2) is 23.3 Å². The number of H-pyrrole nitrogens is 2. The molecule has 0 aliphatic heterocycles. The fourth-order valence-corrected chi connectivity index (χ4v) is 22.1. The highest BCUT2D eigenvalue weighted by Crippen LogP contribution is 2.78. The lowest BCUT2D eigenvalue weighted by Gasteiger charge is -2.70. The van der Waals surface area contributed by atoms with Crippen molar-refractivity contribution in [3.63, 3.8) is 0 Å². The second-order valence-electron chi connectivity index (χ2n) is 31.1. The molecule has 10 aliphatic carbocycles. The van der Waals surface area contributed by atoms with E-state index in [0.717, 1.165) is 89.9 Å². The van der Waals surface area contributed by atoms with Crippen molar-refractivity contribution in [2.75, 3.05) is 11.5 Å². The molecule has 0 saturated heterocycles. The second-order valence-corrected chi connectivity index (χ2v) is 31.1. The number of fused-ring (bicyclic) bond motifs is 16. The molecule has 14 atom stereocenters. The van der Waals surface area contributed by atoms with Crippen LogP contribution in [0.1, 0.15) is 237 Å². The number of carbonyl (C=O) groups is 2. The number of hydrogen-bond acceptors (Lipinski definition) is 6. The molecule has 0 radical (unpaired) electrons. The van der Waals surface area contributed by atoms with Gasteiger partial charge in [0.05, 0.1) is 10.8 Å². The van der Waals surface area contributed by atoms with Crippen molar-refractivity contribution in [1.29, 1.82) is 0 Å². The van der Waals surface area contributed by atoms with Gasteiger partial charge in [-0.2, -0.15) is 10.2 Å². The molecular weight excluding hydrogens is 917 g/mol. The average molecular weight is 1020 g/mol. The third-order valence-electron chi connectivity index (χ3n) is 26.6. The lowest BCUT2D eigenvalue weighted by atomic mass is 9.33. The molecule has 0 bridgehead atoms. The van der Waals surface area contributed by atoms with Crippen LogP contribution in [0.2, 0.25) is 0 Å². The molecule has 0 spiro atoms. The van der Waals surface area contributed by atoms with Crippen LogP contribution >= 0.6 is 0 Å². The number of aromatic nitrogens is 4. The maximum atomic E-state index is 12.8. The molecule has 74 heavy (non-hydrogen) atoms. The fourth-order valence-electron chi connectivity index (χ4n) is 22.1. The number of aliphatic carboxylic acids is 2. The molecule has 10 heteroatoms. The molecule has 412 valence electrons. The quantitative estimate of drug-likeness (QED) is 0.161. The van der Waals surface area contributed by atoms with E-state index in [1.807, 2.05) is 0 Å². The number of nitrogen functional groups attached to an aromatic ring is 2. The number of carboxylic acids is 2. The summed E-state index contributed by atoms with van der Waals surface area (Å²) in [4.78, 5) is 25.7. The number of rotatable bonds is 2. The van der Waals surface area contributed by atoms with E-state index in [2.05, 4.69) is 129 Å². The minimum Gasteiger partial charge on any atom is -0.481 e. The number of nitrogens with zero attached hydrogens (tertiary/aromatic N) is 2. The molecule has 10 nitrogen and oxygen atoms in total. The Morgan fingerprint density at radius 3 is 1.19 bits per heavy atom. The standard InChI is InChI=1S/2C31H47N3O2.2CH4/c2*1-26(2)12-14-31(25(35)36)15-13-29(6)19(20(31)17-26)8-9-22-28(5)16-18-23(33-34-24(18)32)27(3,4)21(28)10-11-30(22,29)7;;/h2*8,20-22H,9-17H2,1-7H3,(H,35,36)(H3,32,33,34);2*1H4/t2*20?,21?,22?,28-,29+,30+,31-;;/m00../s1. The maximum absolute atomic E-state index is 12.8. The predicted octanol–water partition coefficient (Wildman–Crippen LogP) is 15.1. The van der Waals surface area contributed by atoms with Gasteiger partial charge in [-0.15, -0.1) is 0 Å². The van der Waals surface area contributed by atoms with Gasteiger partial charge in [-0.25, -0.2) is 0 Å². The summed E-state index contributed by atoms with van der Waals surface area (Å²) in [5, 5.41) is 36.7. The van der Waals surface area contributed by atoms with E-state index in [1.165, 1.54) is 59.3 Å². The van der Waals surface area contributed by atoms with Gasteiger partial charge in [-0.1, -0.05) is 135 Å². The normalized spacial score (nSPS) is 45.1. The molecule has 6 unspecified atom stereocenters. The Hall–Kier alpha value is -3.56. The van der Waals surface area contributed by atoms with Gasteiger partial charge in [0.2, 0.25) is 0 Å². The summed E-state index contributed by atoms with van der Waals surface area (Å²) < 4.78 is 0. The van der Waals surface area contributed by atoms with Crippen LogP contribution in [0.3, 0.4) is 0 Å². The number of carboxylic acid groups (broad SMARTS) is 2. The number of anilines is 2. The number of aromatic amines is 2. The zero-order chi connectivity index (χ0) is 52.2. The van der Waals surface area contributed by atoms with Crippen LogP contribution in [-0.2, 0) is 33.3 Å². The summed E-state index contributed by atoms with van der Waals surface area (Å²) in [7, 11) is 0. The van der Waals surface area contributed by atoms with E-state index in [9.17, 15) is 19.8 Å². The molecule has 8 N–H and O–H groups in total. The molecule has 6 saturated carbocycles. The lowest BCUT2D eigenvalue weighted by Crippen LogP contribution is -2.64. The Kier molecular flexibility index (Phi) is 12.3. The highest BCUT2D eigenvalue weighted by molar-refractivity contribution is 5.77. The van der Waals surface area contributed by atoms with Crippen LogP contribution in [0.25, 0.3) is 0 Å². The molecule has 12 rings (SSSR count). The van der Waals surface area contributed by atoms with Crippen LogP contribution in [-0.4, -0.2) is 42.5 Å². The zero-order valence-corrected chi connectivity index (χ0v) is 47.1. The summed E-state index contributed by atoms with van der Waals surface area (Å²) in [6, 6.07) is 0. The van der Waals surface area contributed by atoms with Gasteiger partial charge in [0.25, 0.3) is 0 Å². The van der Waals surface area contributed by atoms with Crippen LogP contribution in [0.4, 0.5) is 11.6 Å². The van der Waals surface area contributed by atoms with Gasteiger partial charge in [-0.3, -0.25) is 19.8 Å². The Morgan fingerprint density at radius 1 is 0.514 bits per heavy atom. The minimum absolute atomic E-state index is 0. The first-order valence-corrected chi connectivity index (χ1v) is 28.8. The molecular formula is C64H102N6O4. The smallest absolute Gasteiger partial charge is 0.310 e. The maximum Gasteiger partial charge on any atom is 0.310 e. The van der Waals surface area contributed by atoms with Gasteiger partial charge >= 0.3 is 11.9 Å². The Bertz CT molecular complexity index is 2510. The lowest BCUT2D eigenvalue weighted by molar-refractivity contribution is -0.177. The average Bonchev–Trinajstić information content (AvgIpc) is 3.84. The van der Waals surface area contributed by atoms with Crippen molar-refractivity contribution < 1.29 is 19.8 Å². The van der Waals surface area contributed by atoms with Crippen molar-refractivity contribution in [3.8, 4) is 0 Å². The third kappa shape index (κ3) is 6.77. The molecule has 2 aromatic heterocycles. The zero-order valence-electron chi connectivity index (χ0n) is 47.1. The summed E-state index contributed by atoms with van der Waals surface area (Å²) in [6.45, 7) is 34.3. The largest absolute Gasteiger partial charge is 0.481 e. The van der Waals surface area contributed by atoms with Gasteiger partial charge in [-0.05, 0) is 194 Å². The molecule has 6 fully saturated rings. The predicted molar refractivity (Wildman–Crippen MR) is 300 cm³/mol. The van der Waals surface area contributed by atoms with Gasteiger partial charge in [0, 0.05) is 33.3 Å². The first kappa shape index (κ1) is 55.2. The van der Waals surface area contributed by atoms with Crippen molar-refractivity contribution in [2.24, 2.45) is 89.7 Å². The SMILES string of the molecule is C.C.CC1(C)CC[C@]2(C(=O)O)CC[C@]3(C)C(=CCC4[C@@]5(C)Cc6c(N)n[nH]c6C(C)(C)C5CC[C@]43C)C2C1.CC1(C)CC[C@]2(C(=O)O)CC[C@]3(C)C(=CCC4[C@@]5(C)Cc6c(N)n[nH]c6C(C)(C)C5CC[C@]43C)C2C1. The summed E-state index contributed by atoms with van der Waals surface area (Å²) in [5.41, 5.74) is 20.8. The van der Waals surface area contributed by atoms with E-state index in [-0.39, 0.29) is 80.8 Å². The molecule has 0 amide bonds. The fraction of sp³-hybridized carbons (Fsp3) is 0.812. The summed E-state index contributed by atoms with van der Waals surface area (Å²) in [6.07, 6.45) is 23.4. The molecule has 10 aliphatic rings. The van der Waals surface area contributed by atoms with Gasteiger partial charge in [0.1, 0.15) is 11.6 Å². The highest BCUT2D eigenvalue weighted by atomic mass is 16.4. The number of allylic oxidation sites excluding steroid dienone is 4. The number of nitrogens with one attached hydrogen (secondary N) is 2. The number of nitrogens with two attached hydrogens (primary N) is 2. The first-order valence-electron chi connectivity index (χ1n) is 28.8. The number of hydrogen-bond donors (Lipinski definition) is 6. The first-order chi connectivity index (χ1) is 33.2. The molecule has 2 heterocycles. The van der Waals surface area contributed by atoms with Crippen LogP contribution in [0.5, 0.6) is 0 Å². The third-order valence-corrected chi connectivity index (χ3v) is 26.6. The van der Waals surface area contributed by atoms with E-state index < -0.39 is 22.8 Å². The van der Waals surface area contributed by atoms with E-state index in [4.69, 9.17) is 11.5 Å². The second kappa shape index (κ2) is 16.5. The van der Waals surface area contributed by atoms with Crippen molar-refractivity contribution in [3.05, 3.63) is 45.8 Å². The Morgan fingerprint density at radius 2 is 0.851 bits per heavy atom. The monoisotopic (exact) mass is 1020 g/mol. The van der Waals surface area contributed by atoms with Crippen molar-refractivity contribution in [1.82, 2.24) is 20.4 Å². The van der Waals surface area contributed by atoms with Gasteiger partial charge in [0.15, 0.2) is 0 Å². The topological polar surface area (TPSA) is 184 Å². The van der Waals surface area contributed by atoms with E-state index in [0.29, 0.717) is 35.3 Å². The van der Waals surface area contributed by atoms with Gasteiger partial charge < -0.3 is 21.7 Å². The Labute approximate surface area is 447 Å². The van der Waals surface area contributed by atoms with E-state index in [1.54, 1.807) is 0 Å². The molecule has 0 aromatic carbocycles.